The molecule has 124 valence electrons. The molecule has 1 aliphatic heterocycles. The molecule has 1 aliphatic rings. The highest BCUT2D eigenvalue weighted by Gasteiger charge is 2.23. The summed E-state index contributed by atoms with van der Waals surface area (Å²) in [7, 11) is 4.37. The zero-order chi connectivity index (χ0) is 16.3. The number of rotatable bonds is 5. The molecule has 1 atom stereocenters. The van der Waals surface area contributed by atoms with Crippen LogP contribution in [-0.2, 0) is 11.8 Å². The largest absolute Gasteiger partial charge is 0.305 e. The van der Waals surface area contributed by atoms with Gasteiger partial charge in [0.15, 0.2) is 0 Å². The molecule has 1 saturated heterocycles. The number of benzene rings is 1. The number of hydrogen-bond acceptors (Lipinski definition) is 2. The van der Waals surface area contributed by atoms with Gasteiger partial charge in [0, 0.05) is 17.6 Å². The summed E-state index contributed by atoms with van der Waals surface area (Å²) in [6.45, 7) is 10.4. The van der Waals surface area contributed by atoms with Crippen LogP contribution in [0.1, 0.15) is 44.7 Å². The topological polar surface area (TPSA) is 6.48 Å². The van der Waals surface area contributed by atoms with Crippen molar-refractivity contribution >= 4 is 11.6 Å². The van der Waals surface area contributed by atoms with Crippen molar-refractivity contribution in [3.8, 4) is 0 Å². The Morgan fingerprint density at radius 3 is 2.59 bits per heavy atom. The molecule has 0 aliphatic carbocycles. The zero-order valence-electron chi connectivity index (χ0n) is 14.8. The lowest BCUT2D eigenvalue weighted by Gasteiger charge is -2.21. The Labute approximate surface area is 141 Å². The van der Waals surface area contributed by atoms with E-state index in [1.807, 2.05) is 0 Å². The number of aryl methyl sites for hydroxylation is 1. The second-order valence-corrected chi connectivity index (χ2v) is 8.27. The molecule has 1 fully saturated rings. The molecule has 0 amide bonds. The smallest absolute Gasteiger partial charge is 0.0438 e. The Balaban J connectivity index is 1.87. The van der Waals surface area contributed by atoms with Gasteiger partial charge in [0.25, 0.3) is 0 Å². The monoisotopic (exact) mass is 322 g/mol. The minimum atomic E-state index is 0.188. The first-order valence-corrected chi connectivity index (χ1v) is 8.83. The van der Waals surface area contributed by atoms with Crippen LogP contribution in [-0.4, -0.2) is 49.6 Å². The van der Waals surface area contributed by atoms with Crippen LogP contribution in [0.5, 0.6) is 0 Å². The maximum absolute atomic E-state index is 6.39. The van der Waals surface area contributed by atoms with Gasteiger partial charge < -0.3 is 9.80 Å². The first-order chi connectivity index (χ1) is 10.3. The molecule has 0 spiro atoms. The lowest BCUT2D eigenvalue weighted by atomic mass is 9.86. The van der Waals surface area contributed by atoms with Crippen molar-refractivity contribution in [1.82, 2.24) is 9.80 Å². The van der Waals surface area contributed by atoms with Crippen molar-refractivity contribution in [1.29, 1.82) is 0 Å². The first kappa shape index (κ1) is 17.8. The standard InChI is InChI=1S/C19H31ClN2/c1-19(2,3)16-8-9-18(20)15(13-16)7-6-11-22-12-10-17(14-22)21(4)5/h8-9,13,17H,6-7,10-12,14H2,1-5H3. The van der Waals surface area contributed by atoms with E-state index in [1.54, 1.807) is 0 Å². The van der Waals surface area contributed by atoms with Gasteiger partial charge in [0.2, 0.25) is 0 Å². The Morgan fingerprint density at radius 2 is 2.00 bits per heavy atom. The Hall–Kier alpha value is -0.570. The van der Waals surface area contributed by atoms with Gasteiger partial charge in [0.05, 0.1) is 0 Å². The van der Waals surface area contributed by atoms with Crippen molar-refractivity contribution in [2.45, 2.75) is 51.5 Å². The molecule has 1 heterocycles. The molecule has 3 heteroatoms. The van der Waals surface area contributed by atoms with E-state index in [0.717, 1.165) is 17.5 Å². The third-order valence-electron chi connectivity index (χ3n) is 4.81. The van der Waals surface area contributed by atoms with Crippen molar-refractivity contribution in [2.75, 3.05) is 33.7 Å². The highest BCUT2D eigenvalue weighted by atomic mass is 35.5. The summed E-state index contributed by atoms with van der Waals surface area (Å²) in [5.74, 6) is 0. The van der Waals surface area contributed by atoms with Crippen molar-refractivity contribution < 1.29 is 0 Å². The van der Waals surface area contributed by atoms with Crippen LogP contribution < -0.4 is 0 Å². The van der Waals surface area contributed by atoms with Gasteiger partial charge in [-0.2, -0.15) is 0 Å². The minimum absolute atomic E-state index is 0.188. The van der Waals surface area contributed by atoms with Crippen LogP contribution in [0.4, 0.5) is 0 Å². The maximum atomic E-state index is 6.39. The van der Waals surface area contributed by atoms with E-state index in [0.29, 0.717) is 0 Å². The molecular weight excluding hydrogens is 292 g/mol. The van der Waals surface area contributed by atoms with Gasteiger partial charge in [-0.3, -0.25) is 0 Å². The van der Waals surface area contributed by atoms with Crippen LogP contribution in [0.2, 0.25) is 5.02 Å². The van der Waals surface area contributed by atoms with Crippen molar-refractivity contribution in [3.05, 3.63) is 34.3 Å². The summed E-state index contributed by atoms with van der Waals surface area (Å²) in [5.41, 5.74) is 2.87. The highest BCUT2D eigenvalue weighted by Crippen LogP contribution is 2.27. The summed E-state index contributed by atoms with van der Waals surface area (Å²) in [4.78, 5) is 4.94. The molecule has 1 unspecified atom stereocenters. The van der Waals surface area contributed by atoms with Gasteiger partial charge in [0.1, 0.15) is 0 Å². The molecule has 2 rings (SSSR count). The van der Waals surface area contributed by atoms with Gasteiger partial charge in [-0.25, -0.2) is 0 Å². The Kier molecular flexibility index (Phi) is 5.93. The summed E-state index contributed by atoms with van der Waals surface area (Å²) >= 11 is 6.39. The molecule has 0 aromatic heterocycles. The number of nitrogens with zero attached hydrogens (tertiary/aromatic N) is 2. The van der Waals surface area contributed by atoms with Gasteiger partial charge in [-0.15, -0.1) is 0 Å². The molecule has 0 radical (unpaired) electrons. The van der Waals surface area contributed by atoms with Crippen LogP contribution in [0.25, 0.3) is 0 Å². The molecule has 22 heavy (non-hydrogen) atoms. The molecule has 0 saturated carbocycles. The zero-order valence-corrected chi connectivity index (χ0v) is 15.6. The van der Waals surface area contributed by atoms with E-state index >= 15 is 0 Å². The average Bonchev–Trinajstić information content (AvgIpc) is 2.88. The average molecular weight is 323 g/mol. The lowest BCUT2D eigenvalue weighted by molar-refractivity contribution is 0.267. The van der Waals surface area contributed by atoms with E-state index in [4.69, 9.17) is 11.6 Å². The van der Waals surface area contributed by atoms with Crippen molar-refractivity contribution in [2.24, 2.45) is 0 Å². The summed E-state index contributed by atoms with van der Waals surface area (Å²) in [6.07, 6.45) is 3.56. The molecule has 2 nitrogen and oxygen atoms in total. The van der Waals surface area contributed by atoms with Crippen LogP contribution in [0.15, 0.2) is 18.2 Å². The molecular formula is C19H31ClN2. The predicted molar refractivity (Wildman–Crippen MR) is 97.0 cm³/mol. The number of halogens is 1. The molecule has 1 aromatic carbocycles. The van der Waals surface area contributed by atoms with Crippen molar-refractivity contribution in [3.63, 3.8) is 0 Å². The summed E-state index contributed by atoms with van der Waals surface area (Å²) < 4.78 is 0. The fraction of sp³-hybridized carbons (Fsp3) is 0.684. The third-order valence-corrected chi connectivity index (χ3v) is 5.18. The van der Waals surface area contributed by atoms with E-state index in [1.165, 1.54) is 43.6 Å². The van der Waals surface area contributed by atoms with E-state index < -0.39 is 0 Å². The van der Waals surface area contributed by atoms with Gasteiger partial charge >= 0.3 is 0 Å². The minimum Gasteiger partial charge on any atom is -0.305 e. The van der Waals surface area contributed by atoms with Crippen LogP contribution >= 0.6 is 11.6 Å². The number of likely N-dealkylation sites (tertiary alicyclic amines) is 1. The van der Waals surface area contributed by atoms with Gasteiger partial charge in [-0.05, 0) is 69.1 Å². The van der Waals surface area contributed by atoms with Crippen LogP contribution in [0, 0.1) is 0 Å². The Morgan fingerprint density at radius 1 is 1.27 bits per heavy atom. The van der Waals surface area contributed by atoms with E-state index in [2.05, 4.69) is 62.9 Å². The second-order valence-electron chi connectivity index (χ2n) is 7.87. The predicted octanol–water partition coefficient (Wildman–Crippen LogP) is 4.21. The SMILES string of the molecule is CN(C)C1CCN(CCCc2cc(C(C)(C)C)ccc2Cl)C1. The fourth-order valence-corrected chi connectivity index (χ4v) is 3.37. The number of hydrogen-bond donors (Lipinski definition) is 0. The second kappa shape index (κ2) is 7.33. The Bertz CT molecular complexity index is 491. The van der Waals surface area contributed by atoms with Gasteiger partial charge in [-0.1, -0.05) is 44.5 Å². The van der Waals surface area contributed by atoms with E-state index in [9.17, 15) is 0 Å². The third kappa shape index (κ3) is 4.71. The normalized spacial score (nSPS) is 20.0. The number of likely N-dealkylation sites (N-methyl/N-ethyl adjacent to an activating group) is 1. The summed E-state index contributed by atoms with van der Waals surface area (Å²) in [5, 5.41) is 0.917. The maximum Gasteiger partial charge on any atom is 0.0438 e. The fourth-order valence-electron chi connectivity index (χ4n) is 3.16. The highest BCUT2D eigenvalue weighted by molar-refractivity contribution is 6.31. The lowest BCUT2D eigenvalue weighted by Crippen LogP contribution is -2.31. The quantitative estimate of drug-likeness (QED) is 0.801. The molecule has 0 bridgehead atoms. The molecule has 0 N–H and O–H groups in total. The van der Waals surface area contributed by atoms with E-state index in [-0.39, 0.29) is 5.41 Å². The first-order valence-electron chi connectivity index (χ1n) is 8.45. The van der Waals surface area contributed by atoms with Crippen LogP contribution in [0.3, 0.4) is 0 Å². The summed E-state index contributed by atoms with van der Waals surface area (Å²) in [6, 6.07) is 7.26. The molecule has 1 aromatic rings.